The van der Waals surface area contributed by atoms with Gasteiger partial charge in [-0.05, 0) is 0 Å². The minimum absolute atomic E-state index is 0. The first-order valence-corrected chi connectivity index (χ1v) is 2.14. The first-order chi connectivity index (χ1) is 4.50. The van der Waals surface area contributed by atoms with Crippen molar-refractivity contribution in [1.29, 1.82) is 0 Å². The van der Waals surface area contributed by atoms with Gasteiger partial charge in [-0.25, -0.2) is 12.1 Å². The molecule has 0 amide bonds. The Hall–Kier alpha value is -0.791. The Morgan fingerprint density at radius 2 is 1.20 bits per heavy atom. The van der Waals surface area contributed by atoms with E-state index in [1.54, 1.807) is 0 Å². The monoisotopic (exact) mass is 179 g/mol. The summed E-state index contributed by atoms with van der Waals surface area (Å²) < 4.78 is 0. The Kier molecular flexibility index (Phi) is 38.8. The Labute approximate surface area is 71.1 Å². The van der Waals surface area contributed by atoms with Crippen molar-refractivity contribution >= 4 is 13.6 Å². The van der Waals surface area contributed by atoms with Gasteiger partial charge >= 0.3 is 17.1 Å². The maximum Gasteiger partial charge on any atom is 3.00 e. The fraction of sp³-hybridized carbons (Fsp3) is 0. The maximum atomic E-state index is 7.75. The van der Waals surface area contributed by atoms with E-state index in [2.05, 4.69) is 13.6 Å². The fourth-order valence-corrected chi connectivity index (χ4v) is 0.321. The Morgan fingerprint density at radius 1 is 0.900 bits per heavy atom. The van der Waals surface area contributed by atoms with Crippen LogP contribution in [0, 0.1) is 0 Å². The molecule has 0 atom stereocenters. The van der Waals surface area contributed by atoms with E-state index in [-0.39, 0.29) is 17.1 Å². The van der Waals surface area contributed by atoms with Gasteiger partial charge in [0.05, 0.1) is 0 Å². The Morgan fingerprint density at radius 3 is 1.30 bits per heavy atom. The van der Waals surface area contributed by atoms with Crippen molar-refractivity contribution in [2.75, 3.05) is 0 Å². The van der Waals surface area contributed by atoms with Gasteiger partial charge in [0.15, 0.2) is 0 Å². The van der Waals surface area contributed by atoms with Gasteiger partial charge in [-0.15, -0.1) is 0 Å². The first kappa shape index (κ1) is 16.1. The quantitative estimate of drug-likeness (QED) is 0.336. The number of hydrogen-bond acceptors (Lipinski definition) is 2. The molecule has 2 nitrogen and oxygen atoms in total. The molecule has 0 fully saturated rings. The molecule has 0 saturated heterocycles. The van der Waals surface area contributed by atoms with Crippen LogP contribution in [0.5, 0.6) is 0 Å². The van der Waals surface area contributed by atoms with Crippen LogP contribution < -0.4 is 0 Å². The standard InChI is InChI=1S/C5H5.2CHO.Fe/c1-2-4-5-3-1;2*1-2;/h1-5H;2*1H;/q3*-1;+3. The van der Waals surface area contributed by atoms with Gasteiger partial charge in [-0.2, -0.15) is 18.2 Å². The molecule has 1 aromatic carbocycles. The summed E-state index contributed by atoms with van der Waals surface area (Å²) in [4.78, 5) is 15.5. The molecule has 0 heterocycles. The third kappa shape index (κ3) is 15.7. The molecule has 0 N–H and O–H groups in total. The molecular formula is C7H7FeO2. The summed E-state index contributed by atoms with van der Waals surface area (Å²) in [5.41, 5.74) is 0. The minimum atomic E-state index is 0. The number of hydrogen-bond donors (Lipinski definition) is 0. The molecule has 10 heavy (non-hydrogen) atoms. The van der Waals surface area contributed by atoms with Gasteiger partial charge in [0.2, 0.25) is 0 Å². The second-order valence-electron chi connectivity index (χ2n) is 0.962. The van der Waals surface area contributed by atoms with Crippen LogP contribution in [0.15, 0.2) is 30.3 Å². The summed E-state index contributed by atoms with van der Waals surface area (Å²) in [6.07, 6.45) is 0. The van der Waals surface area contributed by atoms with Crippen molar-refractivity contribution in [1.82, 2.24) is 0 Å². The molecule has 0 spiro atoms. The second kappa shape index (κ2) is 24.1. The van der Waals surface area contributed by atoms with Crippen molar-refractivity contribution in [2.45, 2.75) is 0 Å². The van der Waals surface area contributed by atoms with Gasteiger partial charge in [-0.1, -0.05) is 0 Å². The van der Waals surface area contributed by atoms with Crippen LogP contribution in [-0.2, 0) is 26.7 Å². The maximum absolute atomic E-state index is 7.75. The number of carbonyl (C=O) groups excluding carboxylic acids is 2. The first-order valence-electron chi connectivity index (χ1n) is 2.14. The van der Waals surface area contributed by atoms with Gasteiger partial charge < -0.3 is 9.59 Å². The van der Waals surface area contributed by atoms with Crippen LogP contribution in [0.3, 0.4) is 0 Å². The number of rotatable bonds is 0. The van der Waals surface area contributed by atoms with Crippen molar-refractivity contribution in [2.24, 2.45) is 0 Å². The molecule has 0 unspecified atom stereocenters. The average molecular weight is 179 g/mol. The third-order valence-corrected chi connectivity index (χ3v) is 0.556. The Bertz CT molecular complexity index is 87.1. The SMILES string of the molecule is [CH-]=O.[CH-]=O.[Fe+3].c1cc[cH-]c1. The van der Waals surface area contributed by atoms with E-state index in [1.807, 2.05) is 30.3 Å². The molecule has 1 aromatic rings. The summed E-state index contributed by atoms with van der Waals surface area (Å²) in [6, 6.07) is 10.0. The van der Waals surface area contributed by atoms with E-state index >= 15 is 0 Å². The summed E-state index contributed by atoms with van der Waals surface area (Å²) >= 11 is 0. The van der Waals surface area contributed by atoms with Gasteiger partial charge in [0, 0.05) is 0 Å². The van der Waals surface area contributed by atoms with Gasteiger partial charge in [-0.3, -0.25) is 13.6 Å². The molecular weight excluding hydrogens is 172 g/mol. The predicted molar refractivity (Wildman–Crippen MR) is 35.5 cm³/mol. The second-order valence-corrected chi connectivity index (χ2v) is 0.962. The zero-order valence-electron chi connectivity index (χ0n) is 5.21. The van der Waals surface area contributed by atoms with E-state index in [4.69, 9.17) is 9.59 Å². The summed E-state index contributed by atoms with van der Waals surface area (Å²) in [6.45, 7) is 6.50. The van der Waals surface area contributed by atoms with Crippen LogP contribution in [0.1, 0.15) is 0 Å². The van der Waals surface area contributed by atoms with Crippen molar-refractivity contribution < 1.29 is 26.7 Å². The van der Waals surface area contributed by atoms with Gasteiger partial charge in [0.25, 0.3) is 0 Å². The molecule has 1 rings (SSSR count). The minimum Gasteiger partial charge on any atom is -0.545 e. The molecule has 0 bridgehead atoms. The third-order valence-electron chi connectivity index (χ3n) is 0.556. The van der Waals surface area contributed by atoms with E-state index < -0.39 is 0 Å². The molecule has 0 saturated carbocycles. The van der Waals surface area contributed by atoms with Crippen molar-refractivity contribution in [3.05, 3.63) is 30.3 Å². The predicted octanol–water partition coefficient (Wildman–Crippen LogP) is 0.855. The van der Waals surface area contributed by atoms with Crippen LogP contribution in [0.4, 0.5) is 0 Å². The van der Waals surface area contributed by atoms with E-state index in [9.17, 15) is 0 Å². The largest absolute Gasteiger partial charge is 3.00 e. The van der Waals surface area contributed by atoms with E-state index in [0.717, 1.165) is 0 Å². The van der Waals surface area contributed by atoms with Crippen molar-refractivity contribution in [3.63, 3.8) is 0 Å². The summed E-state index contributed by atoms with van der Waals surface area (Å²) in [7, 11) is 0. The topological polar surface area (TPSA) is 34.1 Å². The van der Waals surface area contributed by atoms with Crippen LogP contribution in [0.2, 0.25) is 0 Å². The normalized spacial score (nSPS) is 4.80. The van der Waals surface area contributed by atoms with E-state index in [0.29, 0.717) is 0 Å². The zero-order chi connectivity index (χ0) is 7.54. The van der Waals surface area contributed by atoms with Crippen LogP contribution in [-0.4, -0.2) is 13.6 Å². The molecule has 0 aliphatic heterocycles. The fourth-order valence-electron chi connectivity index (χ4n) is 0.321. The molecule has 0 aromatic heterocycles. The summed E-state index contributed by atoms with van der Waals surface area (Å²) in [5, 5.41) is 0. The zero-order valence-corrected chi connectivity index (χ0v) is 6.32. The average Bonchev–Trinajstić information content (AvgIpc) is 2.51. The Balaban J connectivity index is -0.0000000875. The molecule has 0 aliphatic rings. The van der Waals surface area contributed by atoms with Gasteiger partial charge in [0.1, 0.15) is 0 Å². The molecule has 0 aliphatic carbocycles. The molecule has 3 heteroatoms. The van der Waals surface area contributed by atoms with E-state index in [1.165, 1.54) is 0 Å². The van der Waals surface area contributed by atoms with Crippen molar-refractivity contribution in [3.8, 4) is 0 Å². The van der Waals surface area contributed by atoms with Crippen LogP contribution >= 0.6 is 0 Å². The summed E-state index contributed by atoms with van der Waals surface area (Å²) in [5.74, 6) is 0. The molecule has 55 valence electrons. The smallest absolute Gasteiger partial charge is 0.545 e. The van der Waals surface area contributed by atoms with Crippen LogP contribution in [0.25, 0.3) is 0 Å². The molecule has 1 radical (unpaired) electrons.